The highest BCUT2D eigenvalue weighted by molar-refractivity contribution is 5.65. The predicted molar refractivity (Wildman–Crippen MR) is 67.5 cm³/mol. The topological polar surface area (TPSA) is 55.9 Å². The number of aryl methyl sites for hydroxylation is 2. The zero-order valence-electron chi connectivity index (χ0n) is 10.5. The van der Waals surface area contributed by atoms with Gasteiger partial charge >= 0.3 is 0 Å². The summed E-state index contributed by atoms with van der Waals surface area (Å²) >= 11 is 0. The van der Waals surface area contributed by atoms with Crippen molar-refractivity contribution in [3.63, 3.8) is 0 Å². The third kappa shape index (κ3) is 2.01. The Kier molecular flexibility index (Phi) is 3.08. The normalized spacial score (nSPS) is 23.4. The average Bonchev–Trinajstić information content (AvgIpc) is 2.94. The lowest BCUT2D eigenvalue weighted by atomic mass is 10.2. The molecule has 4 heteroatoms. The van der Waals surface area contributed by atoms with Gasteiger partial charge in [0.1, 0.15) is 5.82 Å². The quantitative estimate of drug-likeness (QED) is 0.804. The fourth-order valence-electron chi connectivity index (χ4n) is 2.27. The Balaban J connectivity index is 2.04. The summed E-state index contributed by atoms with van der Waals surface area (Å²) in [6.45, 7) is 7.16. The monoisotopic (exact) mass is 222 g/mol. The van der Waals surface area contributed by atoms with Crippen LogP contribution in [0.25, 0.3) is 0 Å². The number of nitrogen functional groups attached to an aromatic ring is 1. The van der Waals surface area contributed by atoms with E-state index in [1.54, 1.807) is 0 Å². The maximum atomic E-state index is 6.03. The van der Waals surface area contributed by atoms with Gasteiger partial charge in [-0.05, 0) is 32.6 Å². The molecule has 1 fully saturated rings. The number of anilines is 2. The average molecular weight is 222 g/mol. The molecule has 0 aromatic carbocycles. The minimum absolute atomic E-state index is 0.614. The highest BCUT2D eigenvalue weighted by Crippen LogP contribution is 2.38. The van der Waals surface area contributed by atoms with Crippen LogP contribution < -0.4 is 11.1 Å². The molecule has 1 aliphatic carbocycles. The number of nitrogens with one attached hydrogen (secondary N) is 1. The summed E-state index contributed by atoms with van der Waals surface area (Å²) in [5, 5.41) is 7.94. The zero-order valence-corrected chi connectivity index (χ0v) is 10.5. The number of nitrogens with two attached hydrogens (primary N) is 1. The Hall–Kier alpha value is -1.19. The van der Waals surface area contributed by atoms with Crippen molar-refractivity contribution in [3.05, 3.63) is 5.69 Å². The van der Waals surface area contributed by atoms with Crippen LogP contribution in [0.2, 0.25) is 0 Å². The zero-order chi connectivity index (χ0) is 11.7. The van der Waals surface area contributed by atoms with Gasteiger partial charge in [-0.3, -0.25) is 0 Å². The van der Waals surface area contributed by atoms with E-state index >= 15 is 0 Å². The third-order valence-electron chi connectivity index (χ3n) is 3.38. The van der Waals surface area contributed by atoms with E-state index in [9.17, 15) is 0 Å². The molecule has 90 valence electrons. The molecule has 2 unspecified atom stereocenters. The molecule has 1 aromatic rings. The van der Waals surface area contributed by atoms with Gasteiger partial charge in [0.2, 0.25) is 0 Å². The lowest BCUT2D eigenvalue weighted by Gasteiger charge is -2.08. The van der Waals surface area contributed by atoms with Gasteiger partial charge in [-0.2, -0.15) is 5.10 Å². The predicted octanol–water partition coefficient (Wildman–Crippen LogP) is 2.39. The molecular formula is C12H22N4. The molecule has 16 heavy (non-hydrogen) atoms. The number of nitrogens with zero attached hydrogens (tertiary/aromatic N) is 2. The summed E-state index contributed by atoms with van der Waals surface area (Å²) in [4.78, 5) is 0. The standard InChI is InChI=1S/C12H22N4/c1-4-6-9-7-10(9)14-12-11(13)8(3)15-16(12)5-2/h9-10,14H,4-7,13H2,1-3H3. The minimum atomic E-state index is 0.614. The van der Waals surface area contributed by atoms with Crippen molar-refractivity contribution in [1.82, 2.24) is 9.78 Å². The van der Waals surface area contributed by atoms with E-state index in [-0.39, 0.29) is 0 Å². The Labute approximate surface area is 97.2 Å². The van der Waals surface area contributed by atoms with Gasteiger partial charge in [0, 0.05) is 12.6 Å². The van der Waals surface area contributed by atoms with Crippen LogP contribution in [0.15, 0.2) is 0 Å². The Bertz CT molecular complexity index is 369. The van der Waals surface area contributed by atoms with E-state index in [0.29, 0.717) is 6.04 Å². The van der Waals surface area contributed by atoms with Crippen molar-refractivity contribution in [1.29, 1.82) is 0 Å². The molecule has 4 nitrogen and oxygen atoms in total. The maximum Gasteiger partial charge on any atom is 0.148 e. The first-order valence-corrected chi connectivity index (χ1v) is 6.26. The second-order valence-corrected chi connectivity index (χ2v) is 4.70. The summed E-state index contributed by atoms with van der Waals surface area (Å²) in [6.07, 6.45) is 3.86. The number of hydrogen-bond donors (Lipinski definition) is 2. The molecule has 2 atom stereocenters. The van der Waals surface area contributed by atoms with Gasteiger partial charge in [-0.25, -0.2) is 4.68 Å². The third-order valence-corrected chi connectivity index (χ3v) is 3.38. The van der Waals surface area contributed by atoms with Crippen LogP contribution in [0.3, 0.4) is 0 Å². The van der Waals surface area contributed by atoms with Crippen molar-refractivity contribution >= 4 is 11.5 Å². The van der Waals surface area contributed by atoms with Gasteiger partial charge in [-0.1, -0.05) is 13.3 Å². The lowest BCUT2D eigenvalue weighted by molar-refractivity contribution is 0.650. The maximum absolute atomic E-state index is 6.03. The molecule has 0 radical (unpaired) electrons. The highest BCUT2D eigenvalue weighted by atomic mass is 15.3. The van der Waals surface area contributed by atoms with E-state index in [1.807, 2.05) is 11.6 Å². The van der Waals surface area contributed by atoms with E-state index in [1.165, 1.54) is 19.3 Å². The van der Waals surface area contributed by atoms with E-state index in [2.05, 4.69) is 24.3 Å². The van der Waals surface area contributed by atoms with Crippen LogP contribution in [0, 0.1) is 12.8 Å². The highest BCUT2D eigenvalue weighted by Gasteiger charge is 2.37. The lowest BCUT2D eigenvalue weighted by Crippen LogP contribution is -2.11. The van der Waals surface area contributed by atoms with Gasteiger partial charge in [0.25, 0.3) is 0 Å². The Morgan fingerprint density at radius 3 is 2.88 bits per heavy atom. The summed E-state index contributed by atoms with van der Waals surface area (Å²) in [5.74, 6) is 1.86. The SMILES string of the molecule is CCCC1CC1Nc1c(N)c(C)nn1CC. The van der Waals surface area contributed by atoms with Crippen molar-refractivity contribution in [2.24, 2.45) is 5.92 Å². The molecule has 3 N–H and O–H groups in total. The fourth-order valence-corrected chi connectivity index (χ4v) is 2.27. The second-order valence-electron chi connectivity index (χ2n) is 4.70. The first-order valence-electron chi connectivity index (χ1n) is 6.26. The van der Waals surface area contributed by atoms with Gasteiger partial charge in [0.15, 0.2) is 0 Å². The van der Waals surface area contributed by atoms with Crippen LogP contribution in [-0.4, -0.2) is 15.8 Å². The van der Waals surface area contributed by atoms with Crippen molar-refractivity contribution in [3.8, 4) is 0 Å². The summed E-state index contributed by atoms with van der Waals surface area (Å²) in [5.41, 5.74) is 7.77. The van der Waals surface area contributed by atoms with Crippen molar-refractivity contribution < 1.29 is 0 Å². The molecule has 0 bridgehead atoms. The molecule has 1 saturated carbocycles. The smallest absolute Gasteiger partial charge is 0.148 e. The Morgan fingerprint density at radius 2 is 2.25 bits per heavy atom. The number of hydrogen-bond acceptors (Lipinski definition) is 3. The molecule has 0 amide bonds. The molecule has 1 heterocycles. The van der Waals surface area contributed by atoms with Gasteiger partial charge < -0.3 is 11.1 Å². The number of rotatable bonds is 5. The molecule has 0 aliphatic heterocycles. The molecule has 1 aliphatic rings. The molecule has 2 rings (SSSR count). The largest absolute Gasteiger partial charge is 0.394 e. The van der Waals surface area contributed by atoms with Crippen molar-refractivity contribution in [2.45, 2.75) is 52.6 Å². The molecule has 0 saturated heterocycles. The Morgan fingerprint density at radius 1 is 1.50 bits per heavy atom. The van der Waals surface area contributed by atoms with Gasteiger partial charge in [-0.15, -0.1) is 0 Å². The summed E-state index contributed by atoms with van der Waals surface area (Å²) < 4.78 is 1.96. The summed E-state index contributed by atoms with van der Waals surface area (Å²) in [6, 6.07) is 0.614. The number of aromatic nitrogens is 2. The first kappa shape index (κ1) is 11.3. The molecule has 0 spiro atoms. The van der Waals surface area contributed by atoms with Crippen LogP contribution in [0.1, 0.15) is 38.8 Å². The van der Waals surface area contributed by atoms with Crippen LogP contribution in [0.5, 0.6) is 0 Å². The van der Waals surface area contributed by atoms with Crippen molar-refractivity contribution in [2.75, 3.05) is 11.1 Å². The molecule has 1 aromatic heterocycles. The first-order chi connectivity index (χ1) is 7.67. The van der Waals surface area contributed by atoms with E-state index in [4.69, 9.17) is 5.73 Å². The van der Waals surface area contributed by atoms with E-state index < -0.39 is 0 Å². The fraction of sp³-hybridized carbons (Fsp3) is 0.750. The van der Waals surface area contributed by atoms with Crippen LogP contribution >= 0.6 is 0 Å². The second kappa shape index (κ2) is 4.36. The van der Waals surface area contributed by atoms with Crippen LogP contribution in [-0.2, 0) is 6.54 Å². The summed E-state index contributed by atoms with van der Waals surface area (Å²) in [7, 11) is 0. The minimum Gasteiger partial charge on any atom is -0.394 e. The van der Waals surface area contributed by atoms with Crippen LogP contribution in [0.4, 0.5) is 11.5 Å². The molecular weight excluding hydrogens is 200 g/mol. The van der Waals surface area contributed by atoms with E-state index in [0.717, 1.165) is 29.7 Å². The van der Waals surface area contributed by atoms with Gasteiger partial charge in [0.05, 0.1) is 11.4 Å².